The van der Waals surface area contributed by atoms with Gasteiger partial charge in [0.15, 0.2) is 11.4 Å². The molecular weight excluding hydrogens is 454 g/mol. The SMILES string of the molecule is CCc1cc(C(C)Nc2ccccc2C(=O)O)c2nc(N3Cc4ccccc4C3)c(C#N)c(=O)n2c1. The number of para-hydroxylation sites is 1. The average Bonchev–Trinajstić information content (AvgIpc) is 3.32. The van der Waals surface area contributed by atoms with Gasteiger partial charge in [-0.1, -0.05) is 43.3 Å². The molecule has 3 heterocycles. The number of rotatable bonds is 6. The summed E-state index contributed by atoms with van der Waals surface area (Å²) in [6.45, 7) is 5.02. The van der Waals surface area contributed by atoms with Gasteiger partial charge in [-0.2, -0.15) is 5.26 Å². The minimum atomic E-state index is -1.03. The lowest BCUT2D eigenvalue weighted by Gasteiger charge is -2.22. The topological polar surface area (TPSA) is 111 Å². The molecule has 8 heteroatoms. The number of hydrogen-bond acceptors (Lipinski definition) is 6. The van der Waals surface area contributed by atoms with Crippen LogP contribution < -0.4 is 15.8 Å². The monoisotopic (exact) mass is 479 g/mol. The maximum absolute atomic E-state index is 13.5. The molecule has 2 aromatic carbocycles. The molecule has 1 aliphatic rings. The van der Waals surface area contributed by atoms with E-state index in [1.165, 1.54) is 4.40 Å². The van der Waals surface area contributed by atoms with Crippen molar-refractivity contribution in [2.45, 2.75) is 39.4 Å². The number of anilines is 2. The third-order valence-electron chi connectivity index (χ3n) is 6.65. The first-order valence-corrected chi connectivity index (χ1v) is 11.8. The summed E-state index contributed by atoms with van der Waals surface area (Å²) in [6, 6.07) is 18.4. The van der Waals surface area contributed by atoms with Crippen molar-refractivity contribution >= 4 is 23.1 Å². The predicted molar refractivity (Wildman–Crippen MR) is 137 cm³/mol. The van der Waals surface area contributed by atoms with Crippen molar-refractivity contribution in [2.75, 3.05) is 10.2 Å². The van der Waals surface area contributed by atoms with Crippen molar-refractivity contribution in [1.29, 1.82) is 5.26 Å². The maximum atomic E-state index is 13.5. The van der Waals surface area contributed by atoms with Crippen molar-refractivity contribution in [3.8, 4) is 6.07 Å². The summed E-state index contributed by atoms with van der Waals surface area (Å²) in [7, 11) is 0. The van der Waals surface area contributed by atoms with Crippen molar-refractivity contribution < 1.29 is 9.90 Å². The van der Waals surface area contributed by atoms with E-state index in [1.807, 2.05) is 49.1 Å². The Kier molecular flexibility index (Phi) is 5.90. The Bertz CT molecular complexity index is 1580. The first-order chi connectivity index (χ1) is 17.4. The van der Waals surface area contributed by atoms with Crippen LogP contribution in [0.4, 0.5) is 11.5 Å². The summed E-state index contributed by atoms with van der Waals surface area (Å²) in [5, 5.41) is 22.8. The van der Waals surface area contributed by atoms with Gasteiger partial charge in [0.05, 0.1) is 11.6 Å². The molecule has 0 amide bonds. The zero-order chi connectivity index (χ0) is 25.4. The van der Waals surface area contributed by atoms with E-state index in [2.05, 4.69) is 11.4 Å². The summed E-state index contributed by atoms with van der Waals surface area (Å²) in [5.41, 5.74) is 4.61. The van der Waals surface area contributed by atoms with Crippen LogP contribution in [0.1, 0.15) is 58.1 Å². The minimum absolute atomic E-state index is 0.0105. The zero-order valence-corrected chi connectivity index (χ0v) is 20.0. The van der Waals surface area contributed by atoms with Crippen LogP contribution in [0.2, 0.25) is 0 Å². The van der Waals surface area contributed by atoms with E-state index in [0.717, 1.165) is 22.3 Å². The number of aryl methyl sites for hydroxylation is 1. The molecule has 4 aromatic rings. The highest BCUT2D eigenvalue weighted by molar-refractivity contribution is 5.94. The smallest absolute Gasteiger partial charge is 0.337 e. The van der Waals surface area contributed by atoms with Gasteiger partial charge in [0.2, 0.25) is 0 Å². The van der Waals surface area contributed by atoms with Crippen molar-refractivity contribution in [3.05, 3.63) is 105 Å². The molecule has 0 saturated heterocycles. The summed E-state index contributed by atoms with van der Waals surface area (Å²) in [6.07, 6.45) is 2.41. The van der Waals surface area contributed by atoms with E-state index in [4.69, 9.17) is 4.98 Å². The van der Waals surface area contributed by atoms with E-state index in [0.29, 0.717) is 36.7 Å². The number of aromatic carboxylic acids is 1. The third-order valence-corrected chi connectivity index (χ3v) is 6.65. The molecule has 1 unspecified atom stereocenters. The lowest BCUT2D eigenvalue weighted by atomic mass is 10.0. The Labute approximate surface area is 208 Å². The molecule has 1 atom stereocenters. The number of carboxylic acid groups (broad SMARTS) is 1. The Morgan fingerprint density at radius 1 is 1.17 bits per heavy atom. The van der Waals surface area contributed by atoms with E-state index in [-0.39, 0.29) is 17.2 Å². The van der Waals surface area contributed by atoms with E-state index >= 15 is 0 Å². The summed E-state index contributed by atoms with van der Waals surface area (Å²) < 4.78 is 1.45. The van der Waals surface area contributed by atoms with Gasteiger partial charge in [0.25, 0.3) is 5.56 Å². The Balaban J connectivity index is 1.66. The normalized spacial score (nSPS) is 13.3. The molecule has 2 aromatic heterocycles. The number of nitrogens with one attached hydrogen (secondary N) is 1. The second kappa shape index (κ2) is 9.19. The van der Waals surface area contributed by atoms with Gasteiger partial charge in [0, 0.05) is 30.5 Å². The van der Waals surface area contributed by atoms with Gasteiger partial charge in [-0.15, -0.1) is 0 Å². The molecule has 0 saturated carbocycles. The first-order valence-electron chi connectivity index (χ1n) is 11.8. The van der Waals surface area contributed by atoms with Crippen molar-refractivity contribution in [1.82, 2.24) is 9.38 Å². The molecule has 0 fully saturated rings. The fourth-order valence-corrected chi connectivity index (χ4v) is 4.74. The molecule has 5 rings (SSSR count). The van der Waals surface area contributed by atoms with Crippen LogP contribution in [0.5, 0.6) is 0 Å². The fourth-order valence-electron chi connectivity index (χ4n) is 4.74. The number of nitriles is 1. The first kappa shape index (κ1) is 23.1. The highest BCUT2D eigenvalue weighted by atomic mass is 16.4. The van der Waals surface area contributed by atoms with Crippen molar-refractivity contribution in [3.63, 3.8) is 0 Å². The van der Waals surface area contributed by atoms with Crippen LogP contribution in [0.15, 0.2) is 65.6 Å². The van der Waals surface area contributed by atoms with Crippen LogP contribution >= 0.6 is 0 Å². The van der Waals surface area contributed by atoms with Crippen LogP contribution in [0, 0.1) is 11.3 Å². The van der Waals surface area contributed by atoms with Crippen LogP contribution in [-0.2, 0) is 19.5 Å². The molecule has 1 aliphatic heterocycles. The highest BCUT2D eigenvalue weighted by Crippen LogP contribution is 2.31. The number of carbonyl (C=O) groups is 1. The standard InChI is InChI=1S/C28H25N5O3/c1-3-18-12-22(17(2)30-24-11-7-6-10-21(24)28(35)36)26-31-25(23(13-29)27(34)33(26)14-18)32-15-19-8-4-5-9-20(19)16-32/h4-12,14,17,30H,3,15-16H2,1-2H3,(H,35,36). The second-order valence-electron chi connectivity index (χ2n) is 8.92. The predicted octanol–water partition coefficient (Wildman–Crippen LogP) is 4.52. The molecule has 2 N–H and O–H groups in total. The van der Waals surface area contributed by atoms with E-state index in [9.17, 15) is 20.0 Å². The van der Waals surface area contributed by atoms with Gasteiger partial charge < -0.3 is 15.3 Å². The van der Waals surface area contributed by atoms with Crippen molar-refractivity contribution in [2.24, 2.45) is 0 Å². The van der Waals surface area contributed by atoms with Crippen LogP contribution in [0.25, 0.3) is 5.65 Å². The van der Waals surface area contributed by atoms with E-state index < -0.39 is 11.5 Å². The maximum Gasteiger partial charge on any atom is 0.337 e. The fraction of sp³-hybridized carbons (Fsp3) is 0.214. The largest absolute Gasteiger partial charge is 0.478 e. The molecule has 0 aliphatic carbocycles. The summed E-state index contributed by atoms with van der Waals surface area (Å²) >= 11 is 0. The van der Waals surface area contributed by atoms with E-state index in [1.54, 1.807) is 30.5 Å². The zero-order valence-electron chi connectivity index (χ0n) is 20.0. The van der Waals surface area contributed by atoms with Gasteiger partial charge in [-0.05, 0) is 48.2 Å². The van der Waals surface area contributed by atoms with Crippen LogP contribution in [0.3, 0.4) is 0 Å². The van der Waals surface area contributed by atoms with Gasteiger partial charge in [-0.25, -0.2) is 9.78 Å². The number of carboxylic acids is 1. The molecule has 8 nitrogen and oxygen atoms in total. The number of pyridine rings is 1. The lowest BCUT2D eigenvalue weighted by Crippen LogP contribution is -2.27. The van der Waals surface area contributed by atoms with Gasteiger partial charge in [-0.3, -0.25) is 9.20 Å². The molecule has 0 radical (unpaired) electrons. The van der Waals surface area contributed by atoms with Crippen LogP contribution in [-0.4, -0.2) is 20.5 Å². The Morgan fingerprint density at radius 3 is 2.47 bits per heavy atom. The quantitative estimate of drug-likeness (QED) is 0.418. The molecule has 36 heavy (non-hydrogen) atoms. The third kappa shape index (κ3) is 3.95. The molecule has 0 bridgehead atoms. The number of hydrogen-bond donors (Lipinski definition) is 2. The lowest BCUT2D eigenvalue weighted by molar-refractivity contribution is 0.0698. The summed E-state index contributed by atoms with van der Waals surface area (Å²) in [5.74, 6) is -0.663. The number of nitrogens with zero attached hydrogens (tertiary/aromatic N) is 4. The second-order valence-corrected chi connectivity index (χ2v) is 8.92. The Hall–Kier alpha value is -4.64. The molecule has 180 valence electrons. The number of fused-ring (bicyclic) bond motifs is 2. The van der Waals surface area contributed by atoms with Gasteiger partial charge in [0.1, 0.15) is 11.7 Å². The molecule has 0 spiro atoms. The highest BCUT2D eigenvalue weighted by Gasteiger charge is 2.26. The van der Waals surface area contributed by atoms with Gasteiger partial charge >= 0.3 is 5.97 Å². The number of benzene rings is 2. The number of aromatic nitrogens is 2. The average molecular weight is 480 g/mol. The summed E-state index contributed by atoms with van der Waals surface area (Å²) in [4.78, 5) is 32.1. The molecular formula is C28H25N5O3. The Morgan fingerprint density at radius 2 is 1.83 bits per heavy atom. The minimum Gasteiger partial charge on any atom is -0.478 e.